The van der Waals surface area contributed by atoms with Crippen LogP contribution in [0.4, 0.5) is 0 Å². The quantitative estimate of drug-likeness (QED) is 0.854. The number of rotatable bonds is 4. The van der Waals surface area contributed by atoms with E-state index >= 15 is 0 Å². The molecule has 1 saturated heterocycles. The van der Waals surface area contributed by atoms with E-state index in [-0.39, 0.29) is 5.41 Å². The molecule has 0 radical (unpaired) electrons. The van der Waals surface area contributed by atoms with Gasteiger partial charge in [0.05, 0.1) is 20.8 Å². The van der Waals surface area contributed by atoms with Crippen molar-refractivity contribution < 1.29 is 14.2 Å². The third kappa shape index (κ3) is 2.65. The van der Waals surface area contributed by atoms with Crippen LogP contribution in [-0.2, 0) is 5.41 Å². The molecule has 1 aromatic carbocycles. The highest BCUT2D eigenvalue weighted by atomic mass is 16.5. The summed E-state index contributed by atoms with van der Waals surface area (Å²) < 4.78 is 16.9. The number of methoxy groups -OCH3 is 2. The van der Waals surface area contributed by atoms with Crippen molar-refractivity contribution in [3.05, 3.63) is 17.7 Å². The number of hydrogen-bond acceptors (Lipinski definition) is 4. The Morgan fingerprint density at radius 1 is 1.32 bits per heavy atom. The fraction of sp³-hybridized carbons (Fsp3) is 0.667. The molecule has 4 heteroatoms. The summed E-state index contributed by atoms with van der Waals surface area (Å²) in [5, 5.41) is 0. The van der Waals surface area contributed by atoms with Gasteiger partial charge < -0.3 is 19.1 Å². The predicted octanol–water partition coefficient (Wildman–Crippen LogP) is 3.23. The van der Waals surface area contributed by atoms with Gasteiger partial charge in [0.1, 0.15) is 5.75 Å². The average Bonchev–Trinajstić information content (AvgIpc) is 2.91. The van der Waals surface area contributed by atoms with Crippen LogP contribution >= 0.6 is 0 Å². The summed E-state index contributed by atoms with van der Waals surface area (Å²) in [6.07, 6.45) is 4.81. The lowest BCUT2D eigenvalue weighted by molar-refractivity contribution is 0.173. The molecule has 0 saturated carbocycles. The van der Waals surface area contributed by atoms with E-state index in [4.69, 9.17) is 14.2 Å². The molecule has 0 aliphatic carbocycles. The molecule has 122 valence electrons. The topological polar surface area (TPSA) is 30.9 Å². The third-order valence-electron chi connectivity index (χ3n) is 5.39. The van der Waals surface area contributed by atoms with Crippen LogP contribution in [0.25, 0.3) is 0 Å². The van der Waals surface area contributed by atoms with Crippen LogP contribution in [0.1, 0.15) is 38.2 Å². The Kier molecular flexibility index (Phi) is 4.22. The fourth-order valence-electron chi connectivity index (χ4n) is 3.93. The highest BCUT2D eigenvalue weighted by Crippen LogP contribution is 2.49. The minimum absolute atomic E-state index is 0.110. The lowest BCUT2D eigenvalue weighted by Gasteiger charge is -2.39. The summed E-state index contributed by atoms with van der Waals surface area (Å²) >= 11 is 0. The Hall–Kier alpha value is -1.42. The molecule has 2 atom stereocenters. The lowest BCUT2D eigenvalue weighted by atomic mass is 9.73. The van der Waals surface area contributed by atoms with Crippen molar-refractivity contribution in [2.24, 2.45) is 0 Å². The van der Waals surface area contributed by atoms with E-state index in [1.807, 2.05) is 6.07 Å². The second kappa shape index (κ2) is 5.99. The summed E-state index contributed by atoms with van der Waals surface area (Å²) in [5.41, 5.74) is 1.34. The van der Waals surface area contributed by atoms with Crippen molar-refractivity contribution >= 4 is 0 Å². The van der Waals surface area contributed by atoms with Gasteiger partial charge in [0.15, 0.2) is 11.5 Å². The van der Waals surface area contributed by atoms with Gasteiger partial charge in [-0.3, -0.25) is 0 Å². The number of hydrogen-bond donors (Lipinski definition) is 0. The molecule has 0 bridgehead atoms. The van der Waals surface area contributed by atoms with Crippen molar-refractivity contribution in [1.29, 1.82) is 0 Å². The number of ether oxygens (including phenoxy) is 3. The zero-order chi connectivity index (χ0) is 15.7. The van der Waals surface area contributed by atoms with Gasteiger partial charge in [-0.25, -0.2) is 0 Å². The van der Waals surface area contributed by atoms with E-state index in [2.05, 4.69) is 24.9 Å². The van der Waals surface area contributed by atoms with Gasteiger partial charge >= 0.3 is 0 Å². The maximum atomic E-state index is 5.94. The summed E-state index contributed by atoms with van der Waals surface area (Å²) in [4.78, 5) is 2.50. The molecule has 3 rings (SSSR count). The standard InChI is InChI=1S/C18H27NO3/c1-18(12-13-6-5-8-19(13)2)7-9-22-17-15(18)10-14(20-3)11-16(17)21-4/h10-11,13H,5-9,12H2,1-4H3/t13-,18?/m1/s1. The maximum absolute atomic E-state index is 5.94. The van der Waals surface area contributed by atoms with Gasteiger partial charge in [-0.15, -0.1) is 0 Å². The predicted molar refractivity (Wildman–Crippen MR) is 87.3 cm³/mol. The first-order valence-corrected chi connectivity index (χ1v) is 8.17. The third-order valence-corrected chi connectivity index (χ3v) is 5.39. The monoisotopic (exact) mass is 305 g/mol. The van der Waals surface area contributed by atoms with Crippen LogP contribution in [0.3, 0.4) is 0 Å². The fourth-order valence-corrected chi connectivity index (χ4v) is 3.93. The molecular weight excluding hydrogens is 278 g/mol. The van der Waals surface area contributed by atoms with Crippen LogP contribution in [0.5, 0.6) is 17.2 Å². The first kappa shape index (κ1) is 15.5. The van der Waals surface area contributed by atoms with Crippen LogP contribution in [0.2, 0.25) is 0 Å². The lowest BCUT2D eigenvalue weighted by Crippen LogP contribution is -2.37. The molecule has 4 nitrogen and oxygen atoms in total. The second-order valence-corrected chi connectivity index (χ2v) is 6.85. The number of nitrogens with zero attached hydrogens (tertiary/aromatic N) is 1. The molecule has 2 aliphatic rings. The molecule has 1 aromatic rings. The van der Waals surface area contributed by atoms with E-state index in [0.717, 1.165) is 36.7 Å². The van der Waals surface area contributed by atoms with E-state index in [0.29, 0.717) is 6.04 Å². The SMILES string of the molecule is COc1cc(OC)c2c(c1)C(C)(C[C@H]1CCCN1C)CCO2. The highest BCUT2D eigenvalue weighted by molar-refractivity contribution is 5.55. The highest BCUT2D eigenvalue weighted by Gasteiger charge is 2.39. The van der Waals surface area contributed by atoms with Crippen LogP contribution < -0.4 is 14.2 Å². The molecule has 0 spiro atoms. The molecule has 1 unspecified atom stereocenters. The first-order valence-electron chi connectivity index (χ1n) is 8.17. The minimum atomic E-state index is 0.110. The second-order valence-electron chi connectivity index (χ2n) is 6.85. The minimum Gasteiger partial charge on any atom is -0.497 e. The van der Waals surface area contributed by atoms with Crippen molar-refractivity contribution in [2.45, 2.75) is 44.1 Å². The van der Waals surface area contributed by atoms with Crippen LogP contribution in [0, 0.1) is 0 Å². The largest absolute Gasteiger partial charge is 0.497 e. The van der Waals surface area contributed by atoms with Gasteiger partial charge in [-0.1, -0.05) is 6.92 Å². The van der Waals surface area contributed by atoms with Gasteiger partial charge in [0.25, 0.3) is 0 Å². The summed E-state index contributed by atoms with van der Waals surface area (Å²) in [6.45, 7) is 4.33. The maximum Gasteiger partial charge on any atom is 0.165 e. The molecule has 2 heterocycles. The van der Waals surface area contributed by atoms with Gasteiger partial charge in [0.2, 0.25) is 0 Å². The molecule has 0 N–H and O–H groups in total. The Morgan fingerprint density at radius 2 is 2.14 bits per heavy atom. The van der Waals surface area contributed by atoms with Crippen LogP contribution in [0.15, 0.2) is 12.1 Å². The normalized spacial score (nSPS) is 28.1. The number of benzene rings is 1. The Labute approximate surface area is 133 Å². The molecule has 1 fully saturated rings. The van der Waals surface area contributed by atoms with Crippen molar-refractivity contribution in [3.63, 3.8) is 0 Å². The molecule has 22 heavy (non-hydrogen) atoms. The first-order chi connectivity index (χ1) is 10.6. The molecule has 2 aliphatic heterocycles. The Morgan fingerprint density at radius 3 is 2.77 bits per heavy atom. The zero-order valence-corrected chi connectivity index (χ0v) is 14.1. The van der Waals surface area contributed by atoms with Gasteiger partial charge in [-0.2, -0.15) is 0 Å². The Balaban J connectivity index is 1.98. The number of likely N-dealkylation sites (tertiary alicyclic amines) is 1. The van der Waals surface area contributed by atoms with Gasteiger partial charge in [-0.05, 0) is 45.3 Å². The average molecular weight is 305 g/mol. The van der Waals surface area contributed by atoms with E-state index in [1.54, 1.807) is 14.2 Å². The molecule has 0 amide bonds. The van der Waals surface area contributed by atoms with Crippen molar-refractivity contribution in [2.75, 3.05) is 34.4 Å². The van der Waals surface area contributed by atoms with E-state index in [1.165, 1.54) is 24.9 Å². The smallest absolute Gasteiger partial charge is 0.165 e. The molecular formula is C18H27NO3. The summed E-state index contributed by atoms with van der Waals surface area (Å²) in [5.74, 6) is 2.52. The van der Waals surface area contributed by atoms with Crippen molar-refractivity contribution in [3.8, 4) is 17.2 Å². The Bertz CT molecular complexity index is 545. The summed E-state index contributed by atoms with van der Waals surface area (Å²) in [6, 6.07) is 4.70. The summed E-state index contributed by atoms with van der Waals surface area (Å²) in [7, 11) is 5.63. The van der Waals surface area contributed by atoms with Crippen LogP contribution in [-0.4, -0.2) is 45.4 Å². The van der Waals surface area contributed by atoms with Gasteiger partial charge in [0, 0.05) is 23.1 Å². The van der Waals surface area contributed by atoms with E-state index < -0.39 is 0 Å². The zero-order valence-electron chi connectivity index (χ0n) is 14.1. The molecule has 0 aromatic heterocycles. The van der Waals surface area contributed by atoms with Crippen molar-refractivity contribution in [1.82, 2.24) is 4.90 Å². The number of fused-ring (bicyclic) bond motifs is 1. The van der Waals surface area contributed by atoms with E-state index in [9.17, 15) is 0 Å².